The lowest BCUT2D eigenvalue weighted by atomic mass is 10.1. The third-order valence-corrected chi connectivity index (χ3v) is 5.27. The van der Waals surface area contributed by atoms with Gasteiger partial charge in [0.1, 0.15) is 11.4 Å². The molecule has 2 amide bonds. The van der Waals surface area contributed by atoms with E-state index in [2.05, 4.69) is 15.8 Å². The summed E-state index contributed by atoms with van der Waals surface area (Å²) in [5.74, 6) is 0.276. The van der Waals surface area contributed by atoms with Crippen molar-refractivity contribution in [2.75, 3.05) is 7.11 Å². The zero-order valence-corrected chi connectivity index (χ0v) is 18.5. The monoisotopic (exact) mass is 457 g/mol. The molecule has 0 saturated carbocycles. The molecule has 0 atom stereocenters. The van der Waals surface area contributed by atoms with E-state index in [0.717, 1.165) is 0 Å². The Hall–Kier alpha value is -4.46. The largest absolute Gasteiger partial charge is 0.497 e. The summed E-state index contributed by atoms with van der Waals surface area (Å²) in [7, 11) is 1.56. The number of aromatic nitrogens is 1. The Morgan fingerprint density at radius 3 is 2.47 bits per heavy atom. The topological polar surface area (TPSA) is 111 Å². The van der Waals surface area contributed by atoms with Gasteiger partial charge in [-0.3, -0.25) is 25.2 Å². The van der Waals surface area contributed by atoms with Crippen LogP contribution < -0.4 is 15.6 Å². The van der Waals surface area contributed by atoms with Gasteiger partial charge in [0.2, 0.25) is 5.91 Å². The average Bonchev–Trinajstić information content (AvgIpc) is 3.42. The maximum absolute atomic E-state index is 12.9. The van der Waals surface area contributed by atoms with E-state index in [4.69, 9.17) is 9.15 Å². The summed E-state index contributed by atoms with van der Waals surface area (Å²) in [6.07, 6.45) is 2.20. The molecule has 0 aliphatic heterocycles. The summed E-state index contributed by atoms with van der Waals surface area (Å²) in [6, 6.07) is 19.2. The molecule has 0 spiro atoms. The molecule has 8 nitrogen and oxygen atoms in total. The minimum Gasteiger partial charge on any atom is -0.497 e. The van der Waals surface area contributed by atoms with Crippen molar-refractivity contribution in [3.8, 4) is 17.2 Å². The summed E-state index contributed by atoms with van der Waals surface area (Å²) in [5.41, 5.74) is 6.92. The fraction of sp³-hybridized carbons (Fsp3) is 0.154. The summed E-state index contributed by atoms with van der Waals surface area (Å²) in [5, 5.41) is 0.648. The molecule has 0 fully saturated rings. The second kappa shape index (κ2) is 10.4. The van der Waals surface area contributed by atoms with Crippen molar-refractivity contribution >= 4 is 28.5 Å². The molecule has 172 valence electrons. The molecule has 2 heterocycles. The van der Waals surface area contributed by atoms with Gasteiger partial charge in [-0.25, -0.2) is 4.98 Å². The molecular formula is C26H23N3O5. The molecule has 0 aliphatic carbocycles. The Morgan fingerprint density at radius 2 is 1.74 bits per heavy atom. The number of Topliss-reactive ketones (excluding diaryl/α,β-unsaturated/α-hetero) is 1. The smallest absolute Gasteiger partial charge is 0.270 e. The molecule has 8 heteroatoms. The van der Waals surface area contributed by atoms with Crippen LogP contribution in [0.5, 0.6) is 5.75 Å². The fourth-order valence-electron chi connectivity index (χ4n) is 3.50. The number of ether oxygens (including phenoxy) is 1. The van der Waals surface area contributed by atoms with E-state index in [1.54, 1.807) is 61.7 Å². The Labute approximate surface area is 195 Å². The van der Waals surface area contributed by atoms with Gasteiger partial charge in [-0.1, -0.05) is 18.2 Å². The number of carbonyl (C=O) groups is 3. The highest BCUT2D eigenvalue weighted by molar-refractivity contribution is 6.07. The number of pyridine rings is 1. The lowest BCUT2D eigenvalue weighted by Crippen LogP contribution is -2.41. The SMILES string of the molecule is COc1ccc(C(=O)CCCC(=O)NNC(=O)c2cc(-c3ccco3)nc3ccccc23)cc1. The van der Waals surface area contributed by atoms with Crippen LogP contribution in [0.25, 0.3) is 22.4 Å². The average molecular weight is 457 g/mol. The lowest BCUT2D eigenvalue weighted by Gasteiger charge is -2.10. The van der Waals surface area contributed by atoms with E-state index in [0.29, 0.717) is 45.7 Å². The van der Waals surface area contributed by atoms with Crippen molar-refractivity contribution in [1.82, 2.24) is 15.8 Å². The van der Waals surface area contributed by atoms with Crippen LogP contribution in [0.2, 0.25) is 0 Å². The van der Waals surface area contributed by atoms with Crippen LogP contribution in [0.4, 0.5) is 0 Å². The minimum atomic E-state index is -0.478. The number of methoxy groups -OCH3 is 1. The number of rotatable bonds is 8. The van der Waals surface area contributed by atoms with Crippen LogP contribution in [0, 0.1) is 0 Å². The van der Waals surface area contributed by atoms with Crippen LogP contribution in [0.3, 0.4) is 0 Å². The molecule has 0 saturated heterocycles. The number of amides is 2. The molecule has 0 aliphatic rings. The maximum Gasteiger partial charge on any atom is 0.270 e. The number of fused-ring (bicyclic) bond motifs is 1. The minimum absolute atomic E-state index is 0.0619. The number of furan rings is 1. The van der Waals surface area contributed by atoms with Crippen LogP contribution in [0.1, 0.15) is 40.0 Å². The fourth-order valence-corrected chi connectivity index (χ4v) is 3.50. The predicted molar refractivity (Wildman–Crippen MR) is 126 cm³/mol. The Morgan fingerprint density at radius 1 is 0.941 bits per heavy atom. The van der Waals surface area contributed by atoms with Crippen molar-refractivity contribution < 1.29 is 23.5 Å². The lowest BCUT2D eigenvalue weighted by molar-refractivity contribution is -0.121. The van der Waals surface area contributed by atoms with Crippen LogP contribution in [-0.4, -0.2) is 29.7 Å². The van der Waals surface area contributed by atoms with E-state index in [1.807, 2.05) is 12.1 Å². The molecule has 4 rings (SSSR count). The molecule has 2 aromatic heterocycles. The molecule has 34 heavy (non-hydrogen) atoms. The number of nitrogens with zero attached hydrogens (tertiary/aromatic N) is 1. The first kappa shape index (κ1) is 22.7. The van der Waals surface area contributed by atoms with Gasteiger partial charge in [0.05, 0.1) is 24.5 Å². The Bertz CT molecular complexity index is 1310. The van der Waals surface area contributed by atoms with Gasteiger partial charge in [0, 0.05) is 23.8 Å². The highest BCUT2D eigenvalue weighted by atomic mass is 16.5. The van der Waals surface area contributed by atoms with Crippen molar-refractivity contribution in [1.29, 1.82) is 0 Å². The number of nitrogens with one attached hydrogen (secondary N) is 2. The van der Waals surface area contributed by atoms with E-state index < -0.39 is 5.91 Å². The van der Waals surface area contributed by atoms with E-state index >= 15 is 0 Å². The summed E-state index contributed by atoms with van der Waals surface area (Å²) >= 11 is 0. The zero-order chi connectivity index (χ0) is 23.9. The number of carbonyl (C=O) groups excluding carboxylic acids is 3. The van der Waals surface area contributed by atoms with Crippen LogP contribution >= 0.6 is 0 Å². The Balaban J connectivity index is 1.34. The van der Waals surface area contributed by atoms with Gasteiger partial charge in [-0.05, 0) is 55.0 Å². The zero-order valence-electron chi connectivity index (χ0n) is 18.5. The predicted octanol–water partition coefficient (Wildman–Crippen LogP) is 4.32. The van der Waals surface area contributed by atoms with Gasteiger partial charge in [0.25, 0.3) is 5.91 Å². The first-order valence-corrected chi connectivity index (χ1v) is 10.8. The molecule has 0 bridgehead atoms. The van der Waals surface area contributed by atoms with Gasteiger partial charge >= 0.3 is 0 Å². The second-order valence-electron chi connectivity index (χ2n) is 7.56. The third-order valence-electron chi connectivity index (χ3n) is 5.27. The highest BCUT2D eigenvalue weighted by Crippen LogP contribution is 2.25. The van der Waals surface area contributed by atoms with Gasteiger partial charge < -0.3 is 9.15 Å². The first-order valence-electron chi connectivity index (χ1n) is 10.8. The summed E-state index contributed by atoms with van der Waals surface area (Å²) in [6.45, 7) is 0. The number of ketones is 1. The summed E-state index contributed by atoms with van der Waals surface area (Å²) in [4.78, 5) is 41.9. The van der Waals surface area contributed by atoms with Crippen LogP contribution in [-0.2, 0) is 4.79 Å². The van der Waals surface area contributed by atoms with Crippen molar-refractivity contribution in [2.45, 2.75) is 19.3 Å². The van der Waals surface area contributed by atoms with E-state index in [9.17, 15) is 14.4 Å². The first-order chi connectivity index (χ1) is 16.5. The van der Waals surface area contributed by atoms with Crippen LogP contribution in [0.15, 0.2) is 77.4 Å². The second-order valence-corrected chi connectivity index (χ2v) is 7.56. The number of para-hydroxylation sites is 1. The Kier molecular flexibility index (Phi) is 6.98. The quantitative estimate of drug-likeness (QED) is 0.301. The van der Waals surface area contributed by atoms with Gasteiger partial charge in [0.15, 0.2) is 11.5 Å². The number of benzene rings is 2. The highest BCUT2D eigenvalue weighted by Gasteiger charge is 2.16. The number of hydrazine groups is 1. The van der Waals surface area contributed by atoms with E-state index in [-0.39, 0.29) is 24.5 Å². The standard InChI is InChI=1S/C26H23N3O5/c1-33-18-13-11-17(12-14-18)23(30)8-4-10-25(31)28-29-26(32)20-16-22(24-9-5-15-34-24)27-21-7-3-2-6-19(20)21/h2-3,5-7,9,11-16H,4,8,10H2,1H3,(H,28,31)(H,29,32). The van der Waals surface area contributed by atoms with Crippen molar-refractivity contribution in [2.24, 2.45) is 0 Å². The van der Waals surface area contributed by atoms with Gasteiger partial charge in [-0.15, -0.1) is 0 Å². The molecule has 0 radical (unpaired) electrons. The normalized spacial score (nSPS) is 10.6. The molecule has 0 unspecified atom stereocenters. The summed E-state index contributed by atoms with van der Waals surface area (Å²) < 4.78 is 10.5. The molecule has 4 aromatic rings. The van der Waals surface area contributed by atoms with Gasteiger partial charge in [-0.2, -0.15) is 0 Å². The maximum atomic E-state index is 12.9. The number of hydrogen-bond donors (Lipinski definition) is 2. The molecular weight excluding hydrogens is 434 g/mol. The van der Waals surface area contributed by atoms with Crippen molar-refractivity contribution in [3.05, 3.63) is 84.1 Å². The number of hydrogen-bond acceptors (Lipinski definition) is 6. The van der Waals surface area contributed by atoms with Crippen molar-refractivity contribution in [3.63, 3.8) is 0 Å². The molecule has 2 aromatic carbocycles. The third kappa shape index (κ3) is 5.29. The van der Waals surface area contributed by atoms with E-state index in [1.165, 1.54) is 6.26 Å². The molecule has 2 N–H and O–H groups in total.